The number of nitrogens with zero attached hydrogens (tertiary/aromatic N) is 2. The molecule has 0 aliphatic heterocycles. The summed E-state index contributed by atoms with van der Waals surface area (Å²) in [5.74, 6) is -0.555. The van der Waals surface area contributed by atoms with Crippen LogP contribution in [0.3, 0.4) is 0 Å². The van der Waals surface area contributed by atoms with Crippen molar-refractivity contribution in [3.8, 4) is 11.6 Å². The molecule has 0 saturated carbocycles. The number of rotatable bonds is 9. The predicted octanol–water partition coefficient (Wildman–Crippen LogP) is 6.72. The molecule has 0 aliphatic rings. The number of ketones is 1. The van der Waals surface area contributed by atoms with Gasteiger partial charge in [0.05, 0.1) is 28.5 Å². The van der Waals surface area contributed by atoms with E-state index < -0.39 is 11.7 Å². The highest BCUT2D eigenvalue weighted by Gasteiger charge is 2.28. The lowest BCUT2D eigenvalue weighted by atomic mass is 10.0. The van der Waals surface area contributed by atoms with Crippen molar-refractivity contribution in [2.75, 3.05) is 0 Å². The summed E-state index contributed by atoms with van der Waals surface area (Å²) in [5.41, 5.74) is 10.7. The monoisotopic (exact) mass is 527 g/mol. The Labute approximate surface area is 232 Å². The van der Waals surface area contributed by atoms with Gasteiger partial charge < -0.3 is 19.6 Å². The number of nitrogens with two attached hydrogens (primary N) is 1. The van der Waals surface area contributed by atoms with E-state index in [4.69, 9.17) is 10.5 Å². The van der Waals surface area contributed by atoms with Crippen molar-refractivity contribution in [3.63, 3.8) is 0 Å². The van der Waals surface area contributed by atoms with Gasteiger partial charge in [-0.2, -0.15) is 0 Å². The molecule has 0 aliphatic carbocycles. The number of amides is 1. The number of carbonyl (C=O) groups is 2. The molecule has 0 unspecified atom stereocenters. The molecule has 0 saturated heterocycles. The van der Waals surface area contributed by atoms with Crippen LogP contribution < -0.4 is 10.5 Å². The minimum atomic E-state index is -0.985. The summed E-state index contributed by atoms with van der Waals surface area (Å²) in [6.45, 7) is 3.14. The summed E-state index contributed by atoms with van der Waals surface area (Å²) < 4.78 is 10.9. The molecule has 2 heterocycles. The smallest absolute Gasteiger partial charge is 0.289 e. The van der Waals surface area contributed by atoms with Gasteiger partial charge in [-0.15, -0.1) is 0 Å². The van der Waals surface area contributed by atoms with Gasteiger partial charge >= 0.3 is 0 Å². The first-order valence-electron chi connectivity index (χ1n) is 13.4. The number of hydrogen-bond donors (Lipinski definition) is 1. The van der Waals surface area contributed by atoms with Crippen LogP contribution in [0.4, 0.5) is 0 Å². The lowest BCUT2D eigenvalue weighted by Gasteiger charge is -2.13. The second-order valence-electron chi connectivity index (χ2n) is 9.81. The second-order valence-corrected chi connectivity index (χ2v) is 9.81. The average molecular weight is 528 g/mol. The second kappa shape index (κ2) is 10.6. The topological polar surface area (TPSA) is 79.2 Å². The number of fused-ring (bicyclic) bond motifs is 2. The third-order valence-corrected chi connectivity index (χ3v) is 7.30. The minimum absolute atomic E-state index is 0.308. The van der Waals surface area contributed by atoms with Gasteiger partial charge in [-0.25, -0.2) is 0 Å². The SMILES string of the molecule is CCc1c(C(=O)C(N)=O)c2c(Oc3cc4ccccc4n3Cc3ccccc3)cccc2n1Cc1ccccc1. The van der Waals surface area contributed by atoms with Crippen molar-refractivity contribution in [3.05, 3.63) is 132 Å². The van der Waals surface area contributed by atoms with E-state index in [9.17, 15) is 9.59 Å². The molecule has 1 amide bonds. The molecule has 6 heteroatoms. The van der Waals surface area contributed by atoms with Crippen molar-refractivity contribution in [1.82, 2.24) is 9.13 Å². The molecule has 6 aromatic rings. The zero-order valence-corrected chi connectivity index (χ0v) is 22.2. The molecule has 2 aromatic heterocycles. The first-order chi connectivity index (χ1) is 19.5. The highest BCUT2D eigenvalue weighted by molar-refractivity contribution is 6.45. The third-order valence-electron chi connectivity index (χ3n) is 7.30. The Balaban J connectivity index is 1.54. The molecule has 0 spiro atoms. The molecular weight excluding hydrogens is 498 g/mol. The van der Waals surface area contributed by atoms with E-state index in [1.54, 1.807) is 0 Å². The Morgan fingerprint density at radius 1 is 0.725 bits per heavy atom. The van der Waals surface area contributed by atoms with Gasteiger partial charge in [0.1, 0.15) is 5.75 Å². The van der Waals surface area contributed by atoms with Crippen molar-refractivity contribution in [2.24, 2.45) is 5.73 Å². The van der Waals surface area contributed by atoms with Crippen LogP contribution in [0.15, 0.2) is 109 Å². The zero-order chi connectivity index (χ0) is 27.6. The van der Waals surface area contributed by atoms with Crippen LogP contribution in [0.1, 0.15) is 34.1 Å². The minimum Gasteiger partial charge on any atom is -0.440 e. The van der Waals surface area contributed by atoms with E-state index in [0.29, 0.717) is 42.1 Å². The largest absolute Gasteiger partial charge is 0.440 e. The summed E-state index contributed by atoms with van der Waals surface area (Å²) in [5, 5.41) is 1.64. The van der Waals surface area contributed by atoms with E-state index in [2.05, 4.69) is 33.4 Å². The van der Waals surface area contributed by atoms with Crippen LogP contribution in [0.2, 0.25) is 0 Å². The maximum atomic E-state index is 13.3. The van der Waals surface area contributed by atoms with Gasteiger partial charge in [0, 0.05) is 23.7 Å². The first-order valence-corrected chi connectivity index (χ1v) is 13.4. The number of hydrogen-bond acceptors (Lipinski definition) is 3. The molecule has 0 atom stereocenters. The number of aromatic nitrogens is 2. The third kappa shape index (κ3) is 4.54. The number of para-hydroxylation sites is 1. The van der Waals surface area contributed by atoms with E-state index in [1.165, 1.54) is 0 Å². The van der Waals surface area contributed by atoms with Crippen LogP contribution in [-0.2, 0) is 24.3 Å². The van der Waals surface area contributed by atoms with Crippen LogP contribution >= 0.6 is 0 Å². The first kappa shape index (κ1) is 25.2. The highest BCUT2D eigenvalue weighted by atomic mass is 16.5. The Morgan fingerprint density at radius 3 is 1.98 bits per heavy atom. The Hall–Kier alpha value is -5.10. The van der Waals surface area contributed by atoms with Gasteiger partial charge in [-0.3, -0.25) is 9.59 Å². The summed E-state index contributed by atoms with van der Waals surface area (Å²) in [4.78, 5) is 25.6. The van der Waals surface area contributed by atoms with E-state index in [-0.39, 0.29) is 0 Å². The fraction of sp³-hybridized carbons (Fsp3) is 0.118. The molecular formula is C34H29N3O3. The fourth-order valence-electron chi connectivity index (χ4n) is 5.50. The number of benzene rings is 4. The van der Waals surface area contributed by atoms with Gasteiger partial charge in [0.15, 0.2) is 0 Å². The molecule has 6 nitrogen and oxygen atoms in total. The number of primary amides is 1. The van der Waals surface area contributed by atoms with Crippen molar-refractivity contribution in [2.45, 2.75) is 26.4 Å². The summed E-state index contributed by atoms with van der Waals surface area (Å²) in [7, 11) is 0. The van der Waals surface area contributed by atoms with Gasteiger partial charge in [-0.1, -0.05) is 91.9 Å². The Kier molecular flexibility index (Phi) is 6.66. The summed E-state index contributed by atoms with van der Waals surface area (Å²) >= 11 is 0. The van der Waals surface area contributed by atoms with E-state index in [1.807, 2.05) is 91.9 Å². The molecule has 4 aromatic carbocycles. The van der Waals surface area contributed by atoms with Crippen molar-refractivity contribution >= 4 is 33.5 Å². The standard InChI is InChI=1S/C34H29N3O3/c1-2-26-32(33(38)34(35)39)31-28(36(26)21-23-12-5-3-6-13-23)18-11-19-29(31)40-30-20-25-16-9-10-17-27(25)37(30)22-24-14-7-4-8-15-24/h3-20H,2,21-22H2,1H3,(H2,35,39). The van der Waals surface area contributed by atoms with E-state index >= 15 is 0 Å². The summed E-state index contributed by atoms with van der Waals surface area (Å²) in [6, 6.07) is 36.1. The number of carbonyl (C=O) groups excluding carboxylic acids is 2. The van der Waals surface area contributed by atoms with Crippen LogP contribution in [0.5, 0.6) is 11.6 Å². The quantitative estimate of drug-likeness (QED) is 0.168. The molecule has 198 valence electrons. The van der Waals surface area contributed by atoms with Gasteiger partial charge in [0.2, 0.25) is 5.88 Å². The molecule has 0 radical (unpaired) electrons. The average Bonchev–Trinajstić information content (AvgIpc) is 3.49. The molecule has 0 bridgehead atoms. The maximum Gasteiger partial charge on any atom is 0.289 e. The van der Waals surface area contributed by atoms with Gasteiger partial charge in [-0.05, 0) is 35.7 Å². The van der Waals surface area contributed by atoms with Gasteiger partial charge in [0.25, 0.3) is 11.7 Å². The zero-order valence-electron chi connectivity index (χ0n) is 22.2. The Morgan fingerprint density at radius 2 is 1.32 bits per heavy atom. The summed E-state index contributed by atoms with van der Waals surface area (Å²) in [6.07, 6.45) is 0.545. The normalized spacial score (nSPS) is 11.2. The molecule has 6 rings (SSSR count). The lowest BCUT2D eigenvalue weighted by molar-refractivity contribution is -0.114. The molecule has 0 fully saturated rings. The van der Waals surface area contributed by atoms with E-state index in [0.717, 1.165) is 33.2 Å². The highest BCUT2D eigenvalue weighted by Crippen LogP contribution is 2.39. The number of ether oxygens (including phenoxy) is 1. The fourth-order valence-corrected chi connectivity index (χ4v) is 5.50. The van der Waals surface area contributed by atoms with Crippen molar-refractivity contribution < 1.29 is 14.3 Å². The predicted molar refractivity (Wildman–Crippen MR) is 158 cm³/mol. The Bertz CT molecular complexity index is 1850. The van der Waals surface area contributed by atoms with Crippen molar-refractivity contribution in [1.29, 1.82) is 0 Å². The molecule has 2 N–H and O–H groups in total. The lowest BCUT2D eigenvalue weighted by Crippen LogP contribution is -2.24. The van der Waals surface area contributed by atoms with Crippen LogP contribution in [0, 0.1) is 0 Å². The van der Waals surface area contributed by atoms with Crippen LogP contribution in [-0.4, -0.2) is 20.8 Å². The molecule has 40 heavy (non-hydrogen) atoms. The van der Waals surface area contributed by atoms with Crippen LogP contribution in [0.25, 0.3) is 21.8 Å². The maximum absolute atomic E-state index is 13.3. The number of Topliss-reactive ketones (excluding diaryl/α,β-unsaturated/α-hetero) is 1.